The maximum Gasteiger partial charge on any atom is 0.421 e. The largest absolute Gasteiger partial charge is 0.421 e. The van der Waals surface area contributed by atoms with Gasteiger partial charge in [-0.3, -0.25) is 4.79 Å². The van der Waals surface area contributed by atoms with Crippen molar-refractivity contribution in [2.75, 3.05) is 0 Å². The Hall–Kier alpha value is -1.21. The number of hydrogen-bond donors (Lipinski definition) is 1. The number of carbonyl (C=O) groups excluding carboxylic acids is 1. The van der Waals surface area contributed by atoms with Crippen LogP contribution in [0.3, 0.4) is 0 Å². The molecule has 0 atom stereocenters. The van der Waals surface area contributed by atoms with Gasteiger partial charge in [0.1, 0.15) is 5.57 Å². The van der Waals surface area contributed by atoms with Crippen LogP contribution in [0.25, 0.3) is 0 Å². The number of nitrogens with two attached hydrogens (primary N) is 1. The van der Waals surface area contributed by atoms with Crippen LogP contribution >= 0.6 is 0 Å². The highest BCUT2D eigenvalue weighted by Crippen LogP contribution is 2.29. The molecule has 0 bridgehead atoms. The lowest BCUT2D eigenvalue weighted by molar-refractivity contribution is -0.132. The quantitative estimate of drug-likeness (QED) is 0.514. The van der Waals surface area contributed by atoms with E-state index in [0.29, 0.717) is 0 Å². The first kappa shape index (κ1) is 11.8. The highest BCUT2D eigenvalue weighted by Gasteiger charge is 2.41. The molecule has 0 saturated carbocycles. The van der Waals surface area contributed by atoms with Gasteiger partial charge in [0.2, 0.25) is 0 Å². The van der Waals surface area contributed by atoms with E-state index in [9.17, 15) is 31.1 Å². The fourth-order valence-corrected chi connectivity index (χ4v) is 0.456. The maximum absolute atomic E-state index is 11.6. The molecule has 0 aromatic carbocycles. The summed E-state index contributed by atoms with van der Waals surface area (Å²) in [6, 6.07) is 0. The molecule has 0 aromatic heterocycles. The molecule has 0 unspecified atom stereocenters. The van der Waals surface area contributed by atoms with Gasteiger partial charge < -0.3 is 5.73 Å². The molecule has 0 radical (unpaired) electrons. The minimum Gasteiger partial charge on any atom is -0.366 e. The molecular formula is C5H3F6NO. The molecule has 0 saturated heterocycles. The normalized spacial score (nSPS) is 14.5. The number of primary amides is 1. The van der Waals surface area contributed by atoms with E-state index in [4.69, 9.17) is 0 Å². The first-order chi connectivity index (χ1) is 5.54. The lowest BCUT2D eigenvalue weighted by atomic mass is 10.2. The third-order valence-corrected chi connectivity index (χ3v) is 0.879. The summed E-state index contributed by atoms with van der Waals surface area (Å²) in [4.78, 5) is 9.96. The molecule has 0 aliphatic rings. The molecule has 0 heterocycles. The van der Waals surface area contributed by atoms with Crippen molar-refractivity contribution in [1.82, 2.24) is 0 Å². The Balaban J connectivity index is 5.06. The van der Waals surface area contributed by atoms with Crippen LogP contribution in [0.4, 0.5) is 26.3 Å². The molecule has 1 amide bonds. The molecule has 0 aromatic rings. The average molecular weight is 207 g/mol. The fourth-order valence-electron chi connectivity index (χ4n) is 0.456. The van der Waals surface area contributed by atoms with Gasteiger partial charge in [-0.2, -0.15) is 26.3 Å². The highest BCUT2D eigenvalue weighted by molar-refractivity contribution is 5.93. The Morgan fingerprint density at radius 2 is 1.46 bits per heavy atom. The van der Waals surface area contributed by atoms with Crippen LogP contribution in [0.5, 0.6) is 0 Å². The van der Waals surface area contributed by atoms with Crippen LogP contribution in [0.1, 0.15) is 0 Å². The Labute approximate surface area is 68.0 Å². The highest BCUT2D eigenvalue weighted by atomic mass is 19.4. The topological polar surface area (TPSA) is 43.1 Å². The molecule has 0 aliphatic heterocycles. The minimum absolute atomic E-state index is 1.17. The zero-order valence-corrected chi connectivity index (χ0v) is 5.83. The number of halogens is 6. The third-order valence-electron chi connectivity index (χ3n) is 0.879. The van der Waals surface area contributed by atoms with E-state index in [0.717, 1.165) is 0 Å². The number of hydrogen-bond acceptors (Lipinski definition) is 1. The second-order valence-electron chi connectivity index (χ2n) is 1.96. The molecule has 2 nitrogen and oxygen atoms in total. The van der Waals surface area contributed by atoms with E-state index in [-0.39, 0.29) is 0 Å². The van der Waals surface area contributed by atoms with Crippen molar-refractivity contribution >= 4 is 5.91 Å². The zero-order valence-electron chi connectivity index (χ0n) is 5.83. The second-order valence-corrected chi connectivity index (χ2v) is 1.96. The van der Waals surface area contributed by atoms with Crippen molar-refractivity contribution in [3.63, 3.8) is 0 Å². The summed E-state index contributed by atoms with van der Waals surface area (Å²) in [5.41, 5.74) is 1.69. The van der Waals surface area contributed by atoms with E-state index in [1.165, 1.54) is 0 Å². The number of rotatable bonds is 1. The van der Waals surface area contributed by atoms with Crippen molar-refractivity contribution < 1.29 is 31.1 Å². The lowest BCUT2D eigenvalue weighted by Crippen LogP contribution is -2.28. The number of alkyl halides is 6. The summed E-state index contributed by atoms with van der Waals surface area (Å²) in [5, 5.41) is 0. The molecule has 0 spiro atoms. The number of allylic oxidation sites excluding steroid dienone is 1. The van der Waals surface area contributed by atoms with Gasteiger partial charge in [-0.15, -0.1) is 0 Å². The average Bonchev–Trinajstić information content (AvgIpc) is 1.77. The van der Waals surface area contributed by atoms with Gasteiger partial charge >= 0.3 is 12.4 Å². The standard InChI is InChI=1S/C5H3F6NO/c6-4(7,8)1-2(3(12)13)5(9,10)11/h1H,(H2,12,13)/b2-1+. The van der Waals surface area contributed by atoms with Crippen LogP contribution in [0.15, 0.2) is 11.6 Å². The summed E-state index contributed by atoms with van der Waals surface area (Å²) < 4.78 is 69.1. The van der Waals surface area contributed by atoms with Crippen molar-refractivity contribution in [2.45, 2.75) is 12.4 Å². The van der Waals surface area contributed by atoms with E-state index in [1.807, 2.05) is 0 Å². The minimum atomic E-state index is -5.39. The Morgan fingerprint density at radius 3 is 1.54 bits per heavy atom. The number of amides is 1. The van der Waals surface area contributed by atoms with Crippen molar-refractivity contribution in [2.24, 2.45) is 5.73 Å². The zero-order chi connectivity index (χ0) is 10.9. The summed E-state index contributed by atoms with van der Waals surface area (Å²) in [6.45, 7) is 0. The fraction of sp³-hybridized carbons (Fsp3) is 0.400. The van der Waals surface area contributed by atoms with E-state index in [2.05, 4.69) is 5.73 Å². The van der Waals surface area contributed by atoms with Crippen LogP contribution < -0.4 is 5.73 Å². The summed E-state index contributed by atoms with van der Waals surface area (Å²) in [5.74, 6) is -2.16. The molecule has 13 heavy (non-hydrogen) atoms. The van der Waals surface area contributed by atoms with Gasteiger partial charge in [0.05, 0.1) is 0 Å². The molecule has 2 N–H and O–H groups in total. The van der Waals surface area contributed by atoms with Crippen LogP contribution in [0.2, 0.25) is 0 Å². The molecule has 8 heteroatoms. The smallest absolute Gasteiger partial charge is 0.366 e. The predicted molar refractivity (Wildman–Crippen MR) is 29.4 cm³/mol. The Kier molecular flexibility index (Phi) is 2.96. The predicted octanol–water partition coefficient (Wildman–Crippen LogP) is 1.52. The van der Waals surface area contributed by atoms with Gasteiger partial charge in [-0.1, -0.05) is 0 Å². The SMILES string of the molecule is NC(=O)/C(=C\C(F)(F)F)C(F)(F)F. The first-order valence-electron chi connectivity index (χ1n) is 2.70. The van der Waals surface area contributed by atoms with Gasteiger partial charge in [0.25, 0.3) is 5.91 Å². The monoisotopic (exact) mass is 207 g/mol. The van der Waals surface area contributed by atoms with Gasteiger partial charge in [-0.25, -0.2) is 0 Å². The van der Waals surface area contributed by atoms with Gasteiger partial charge in [0.15, 0.2) is 0 Å². The first-order valence-corrected chi connectivity index (χ1v) is 2.70. The maximum atomic E-state index is 11.6. The molecule has 76 valence electrons. The Bertz CT molecular complexity index is 236. The summed E-state index contributed by atoms with van der Waals surface area (Å²) >= 11 is 0. The van der Waals surface area contributed by atoms with Crippen LogP contribution in [-0.4, -0.2) is 18.3 Å². The van der Waals surface area contributed by atoms with Gasteiger partial charge in [-0.05, 0) is 0 Å². The van der Waals surface area contributed by atoms with Crippen molar-refractivity contribution in [3.05, 3.63) is 11.6 Å². The van der Waals surface area contributed by atoms with Crippen molar-refractivity contribution in [3.8, 4) is 0 Å². The number of carbonyl (C=O) groups is 1. The molecular weight excluding hydrogens is 204 g/mol. The van der Waals surface area contributed by atoms with Crippen LogP contribution in [-0.2, 0) is 4.79 Å². The van der Waals surface area contributed by atoms with Crippen molar-refractivity contribution in [1.29, 1.82) is 0 Å². The summed E-state index contributed by atoms with van der Waals surface area (Å²) in [7, 11) is 0. The van der Waals surface area contributed by atoms with E-state index in [1.54, 1.807) is 0 Å². The second kappa shape index (κ2) is 3.27. The molecule has 0 fully saturated rings. The van der Waals surface area contributed by atoms with E-state index < -0.39 is 29.9 Å². The molecule has 0 aliphatic carbocycles. The third kappa shape index (κ3) is 4.38. The summed E-state index contributed by atoms with van der Waals surface area (Å²) in [6.07, 6.45) is -11.8. The van der Waals surface area contributed by atoms with Crippen LogP contribution in [0, 0.1) is 0 Å². The Morgan fingerprint density at radius 1 is 1.08 bits per heavy atom. The van der Waals surface area contributed by atoms with E-state index >= 15 is 0 Å². The lowest BCUT2D eigenvalue weighted by Gasteiger charge is -2.08. The van der Waals surface area contributed by atoms with Gasteiger partial charge in [0, 0.05) is 6.08 Å². The molecule has 0 rings (SSSR count).